The SMILES string of the molecule is CC1=CC(C)CC(CNc2ccc([N+](=O)[O-])cc2C#N)C1. The van der Waals surface area contributed by atoms with E-state index in [1.54, 1.807) is 6.07 Å². The zero-order valence-corrected chi connectivity index (χ0v) is 12.3. The van der Waals surface area contributed by atoms with Gasteiger partial charge in [-0.15, -0.1) is 0 Å². The van der Waals surface area contributed by atoms with Crippen molar-refractivity contribution in [3.05, 3.63) is 45.5 Å². The Labute approximate surface area is 124 Å². The summed E-state index contributed by atoms with van der Waals surface area (Å²) in [6.45, 7) is 5.14. The molecular weight excluding hydrogens is 266 g/mol. The minimum Gasteiger partial charge on any atom is -0.384 e. The zero-order chi connectivity index (χ0) is 15.4. The van der Waals surface area contributed by atoms with Crippen LogP contribution in [-0.2, 0) is 0 Å². The van der Waals surface area contributed by atoms with Crippen LogP contribution in [0.5, 0.6) is 0 Å². The Bertz CT molecular complexity index is 616. The van der Waals surface area contributed by atoms with Crippen molar-refractivity contribution in [3.63, 3.8) is 0 Å². The highest BCUT2D eigenvalue weighted by atomic mass is 16.6. The third-order valence-electron chi connectivity index (χ3n) is 3.80. The number of benzene rings is 1. The lowest BCUT2D eigenvalue weighted by Gasteiger charge is -2.26. The number of hydrogen-bond acceptors (Lipinski definition) is 4. The molecule has 2 unspecified atom stereocenters. The number of hydrogen-bond donors (Lipinski definition) is 1. The van der Waals surface area contributed by atoms with Gasteiger partial charge in [-0.25, -0.2) is 0 Å². The van der Waals surface area contributed by atoms with Gasteiger partial charge in [-0.05, 0) is 37.7 Å². The molecular formula is C16H19N3O2. The Morgan fingerprint density at radius 2 is 2.29 bits per heavy atom. The van der Waals surface area contributed by atoms with E-state index in [9.17, 15) is 10.1 Å². The molecule has 1 aromatic carbocycles. The number of nitro benzene ring substituents is 1. The molecule has 1 aliphatic carbocycles. The molecule has 5 heteroatoms. The Morgan fingerprint density at radius 3 is 2.90 bits per heavy atom. The van der Waals surface area contributed by atoms with Gasteiger partial charge >= 0.3 is 0 Å². The standard InChI is InChI=1S/C16H19N3O2/c1-11-5-12(2)7-13(6-11)10-18-16-4-3-15(19(20)21)8-14(16)9-17/h3-5,8,11,13,18H,6-7,10H2,1-2H3. The monoisotopic (exact) mass is 285 g/mol. The van der Waals surface area contributed by atoms with Crippen molar-refractivity contribution in [1.29, 1.82) is 5.26 Å². The fourth-order valence-electron chi connectivity index (χ4n) is 2.99. The van der Waals surface area contributed by atoms with Crippen molar-refractivity contribution in [2.75, 3.05) is 11.9 Å². The highest BCUT2D eigenvalue weighted by molar-refractivity contribution is 5.61. The highest BCUT2D eigenvalue weighted by Crippen LogP contribution is 2.29. The van der Waals surface area contributed by atoms with E-state index in [1.807, 2.05) is 6.07 Å². The molecule has 0 aliphatic heterocycles. The molecule has 2 atom stereocenters. The summed E-state index contributed by atoms with van der Waals surface area (Å²) in [5.41, 5.74) is 2.34. The van der Waals surface area contributed by atoms with E-state index in [0.29, 0.717) is 23.1 Å². The van der Waals surface area contributed by atoms with Gasteiger partial charge < -0.3 is 5.32 Å². The Hall–Kier alpha value is -2.35. The normalized spacial score (nSPS) is 21.3. The number of non-ortho nitro benzene ring substituents is 1. The third kappa shape index (κ3) is 3.82. The van der Waals surface area contributed by atoms with Gasteiger partial charge in [0.15, 0.2) is 0 Å². The predicted octanol–water partition coefficient (Wildman–Crippen LogP) is 3.87. The molecule has 110 valence electrons. The van der Waals surface area contributed by atoms with E-state index in [4.69, 9.17) is 5.26 Å². The summed E-state index contributed by atoms with van der Waals surface area (Å²) in [6, 6.07) is 6.38. The first-order valence-corrected chi connectivity index (χ1v) is 7.09. The molecule has 1 aliphatic rings. The van der Waals surface area contributed by atoms with Crippen molar-refractivity contribution in [2.45, 2.75) is 26.7 Å². The van der Waals surface area contributed by atoms with E-state index in [2.05, 4.69) is 25.2 Å². The van der Waals surface area contributed by atoms with Gasteiger partial charge in [0.05, 0.1) is 16.2 Å². The lowest BCUT2D eigenvalue weighted by molar-refractivity contribution is -0.384. The largest absolute Gasteiger partial charge is 0.384 e. The lowest BCUT2D eigenvalue weighted by Crippen LogP contribution is -2.20. The van der Waals surface area contributed by atoms with E-state index < -0.39 is 4.92 Å². The van der Waals surface area contributed by atoms with Gasteiger partial charge in [0, 0.05) is 18.7 Å². The molecule has 0 radical (unpaired) electrons. The van der Waals surface area contributed by atoms with Gasteiger partial charge in [0.1, 0.15) is 6.07 Å². The van der Waals surface area contributed by atoms with Crippen LogP contribution >= 0.6 is 0 Å². The van der Waals surface area contributed by atoms with Crippen molar-refractivity contribution in [2.24, 2.45) is 11.8 Å². The summed E-state index contributed by atoms with van der Waals surface area (Å²) in [4.78, 5) is 10.2. The molecule has 0 saturated heterocycles. The summed E-state index contributed by atoms with van der Waals surface area (Å²) in [5.74, 6) is 1.12. The minimum atomic E-state index is -0.485. The molecule has 1 aromatic rings. The van der Waals surface area contributed by atoms with Crippen LogP contribution < -0.4 is 5.32 Å². The molecule has 0 fully saturated rings. The summed E-state index contributed by atoms with van der Waals surface area (Å²) in [6.07, 6.45) is 4.49. The average molecular weight is 285 g/mol. The molecule has 0 amide bonds. The van der Waals surface area contributed by atoms with E-state index in [0.717, 1.165) is 19.4 Å². The van der Waals surface area contributed by atoms with E-state index in [-0.39, 0.29) is 5.69 Å². The molecule has 2 rings (SSSR count). The first-order valence-electron chi connectivity index (χ1n) is 7.09. The predicted molar refractivity (Wildman–Crippen MR) is 81.9 cm³/mol. The van der Waals surface area contributed by atoms with Crippen LogP contribution in [0.15, 0.2) is 29.8 Å². The number of nitrogens with one attached hydrogen (secondary N) is 1. The zero-order valence-electron chi connectivity index (χ0n) is 12.3. The Balaban J connectivity index is 2.05. The van der Waals surface area contributed by atoms with Crippen molar-refractivity contribution >= 4 is 11.4 Å². The van der Waals surface area contributed by atoms with Crippen LogP contribution in [0.3, 0.4) is 0 Å². The van der Waals surface area contributed by atoms with Gasteiger partial charge in [-0.3, -0.25) is 10.1 Å². The number of anilines is 1. The maximum Gasteiger partial charge on any atom is 0.270 e. The maximum atomic E-state index is 10.7. The molecule has 0 saturated carbocycles. The van der Waals surface area contributed by atoms with Crippen LogP contribution in [0.4, 0.5) is 11.4 Å². The Kier molecular flexibility index (Phi) is 4.59. The molecule has 1 N–H and O–H groups in total. The van der Waals surface area contributed by atoms with E-state index in [1.165, 1.54) is 17.7 Å². The highest BCUT2D eigenvalue weighted by Gasteiger charge is 2.18. The average Bonchev–Trinajstić information content (AvgIpc) is 2.43. The molecule has 21 heavy (non-hydrogen) atoms. The van der Waals surface area contributed by atoms with Crippen LogP contribution in [-0.4, -0.2) is 11.5 Å². The molecule has 0 aromatic heterocycles. The Morgan fingerprint density at radius 1 is 1.52 bits per heavy atom. The van der Waals surface area contributed by atoms with Crippen LogP contribution in [0.25, 0.3) is 0 Å². The summed E-state index contributed by atoms with van der Waals surface area (Å²) in [7, 11) is 0. The number of nitriles is 1. The molecule has 5 nitrogen and oxygen atoms in total. The number of nitro groups is 1. The van der Waals surface area contributed by atoms with Crippen molar-refractivity contribution in [1.82, 2.24) is 0 Å². The number of nitrogens with zero attached hydrogens (tertiary/aromatic N) is 2. The third-order valence-corrected chi connectivity index (χ3v) is 3.80. The molecule has 0 heterocycles. The second kappa shape index (κ2) is 6.40. The molecule has 0 bridgehead atoms. The van der Waals surface area contributed by atoms with Crippen LogP contribution in [0, 0.1) is 33.3 Å². The second-order valence-corrected chi connectivity index (χ2v) is 5.78. The van der Waals surface area contributed by atoms with Crippen LogP contribution in [0.2, 0.25) is 0 Å². The summed E-state index contributed by atoms with van der Waals surface area (Å²) >= 11 is 0. The smallest absolute Gasteiger partial charge is 0.270 e. The lowest BCUT2D eigenvalue weighted by atomic mass is 9.83. The van der Waals surface area contributed by atoms with Gasteiger partial charge in [0.2, 0.25) is 0 Å². The molecule has 0 spiro atoms. The van der Waals surface area contributed by atoms with Gasteiger partial charge in [-0.2, -0.15) is 5.26 Å². The first-order chi connectivity index (χ1) is 9.99. The van der Waals surface area contributed by atoms with Gasteiger partial charge in [0.25, 0.3) is 5.69 Å². The number of allylic oxidation sites excluding steroid dienone is 2. The quantitative estimate of drug-likeness (QED) is 0.517. The topological polar surface area (TPSA) is 79.0 Å². The van der Waals surface area contributed by atoms with E-state index >= 15 is 0 Å². The summed E-state index contributed by atoms with van der Waals surface area (Å²) < 4.78 is 0. The second-order valence-electron chi connectivity index (χ2n) is 5.78. The van der Waals surface area contributed by atoms with Crippen LogP contribution in [0.1, 0.15) is 32.3 Å². The minimum absolute atomic E-state index is 0.0535. The summed E-state index contributed by atoms with van der Waals surface area (Å²) in [5, 5.41) is 23.1. The number of rotatable bonds is 4. The first kappa shape index (κ1) is 15.0. The van der Waals surface area contributed by atoms with Crippen molar-refractivity contribution in [3.8, 4) is 6.07 Å². The fraction of sp³-hybridized carbons (Fsp3) is 0.438. The van der Waals surface area contributed by atoms with Gasteiger partial charge in [-0.1, -0.05) is 18.6 Å². The fourth-order valence-corrected chi connectivity index (χ4v) is 2.99. The van der Waals surface area contributed by atoms with Crippen molar-refractivity contribution < 1.29 is 4.92 Å². The maximum absolute atomic E-state index is 10.7.